The molecule has 0 radical (unpaired) electrons. The largest absolute Gasteiger partial charge is 0.324 e. The smallest absolute Gasteiger partial charge is 0.132 e. The lowest BCUT2D eigenvalue weighted by atomic mass is 10.00. The summed E-state index contributed by atoms with van der Waals surface area (Å²) in [6.45, 7) is 2.10. The Hall–Kier alpha value is -1.15. The summed E-state index contributed by atoms with van der Waals surface area (Å²) in [5.41, 5.74) is 7.14. The van der Waals surface area contributed by atoms with Crippen LogP contribution in [0, 0.1) is 0 Å². The third-order valence-corrected chi connectivity index (χ3v) is 2.77. The van der Waals surface area contributed by atoms with Crippen molar-refractivity contribution >= 4 is 5.78 Å². The third-order valence-electron chi connectivity index (χ3n) is 2.77. The highest BCUT2D eigenvalue weighted by Crippen LogP contribution is 2.16. The van der Waals surface area contributed by atoms with Crippen LogP contribution in [0.25, 0.3) is 0 Å². The third kappa shape index (κ3) is 4.58. The molecule has 0 bridgehead atoms. The molecule has 0 amide bonds. The molecule has 2 N–H and O–H groups in total. The molecule has 1 unspecified atom stereocenters. The van der Waals surface area contributed by atoms with Crippen molar-refractivity contribution in [2.45, 2.75) is 45.1 Å². The van der Waals surface area contributed by atoms with Crippen LogP contribution in [0.2, 0.25) is 0 Å². The second-order valence-corrected chi connectivity index (χ2v) is 4.20. The Morgan fingerprint density at radius 3 is 2.56 bits per heavy atom. The number of carbonyl (C=O) groups is 1. The number of unbranched alkanes of at least 4 members (excludes halogenated alkanes) is 1. The molecule has 0 fully saturated rings. The lowest BCUT2D eigenvalue weighted by Gasteiger charge is -2.10. The van der Waals surface area contributed by atoms with Gasteiger partial charge in [0.15, 0.2) is 0 Å². The zero-order chi connectivity index (χ0) is 11.8. The molecule has 0 aromatic heterocycles. The van der Waals surface area contributed by atoms with Gasteiger partial charge in [0.2, 0.25) is 0 Å². The number of benzene rings is 1. The molecular formula is C14H21NO. The zero-order valence-electron chi connectivity index (χ0n) is 9.99. The fraction of sp³-hybridized carbons (Fsp3) is 0.500. The van der Waals surface area contributed by atoms with E-state index < -0.39 is 0 Å². The van der Waals surface area contributed by atoms with E-state index in [2.05, 4.69) is 6.92 Å². The number of hydrogen-bond donors (Lipinski definition) is 1. The van der Waals surface area contributed by atoms with E-state index in [1.165, 1.54) is 0 Å². The van der Waals surface area contributed by atoms with Crippen LogP contribution in [0.4, 0.5) is 0 Å². The molecular weight excluding hydrogens is 198 g/mol. The van der Waals surface area contributed by atoms with Gasteiger partial charge in [-0.3, -0.25) is 4.79 Å². The highest BCUT2D eigenvalue weighted by atomic mass is 16.1. The Morgan fingerprint density at radius 1 is 1.25 bits per heavy atom. The molecule has 0 aliphatic heterocycles. The molecule has 0 saturated heterocycles. The zero-order valence-corrected chi connectivity index (χ0v) is 9.99. The summed E-state index contributed by atoms with van der Waals surface area (Å²) in [5.74, 6) is 0.341. The quantitative estimate of drug-likeness (QED) is 0.765. The van der Waals surface area contributed by atoms with Crippen molar-refractivity contribution in [2.24, 2.45) is 5.73 Å². The van der Waals surface area contributed by atoms with Gasteiger partial charge in [-0.15, -0.1) is 0 Å². The predicted octanol–water partition coefficient (Wildman–Crippen LogP) is 3.23. The summed E-state index contributed by atoms with van der Waals surface area (Å²) in [5, 5.41) is 0. The van der Waals surface area contributed by atoms with E-state index in [1.807, 2.05) is 30.3 Å². The molecule has 0 heterocycles. The Labute approximate surface area is 97.9 Å². The summed E-state index contributed by atoms with van der Waals surface area (Å²) in [6.07, 6.45) is 4.15. The van der Waals surface area contributed by atoms with E-state index in [0.717, 1.165) is 24.8 Å². The number of hydrogen-bond acceptors (Lipinski definition) is 2. The minimum Gasteiger partial charge on any atom is -0.324 e. The first-order chi connectivity index (χ1) is 7.74. The van der Waals surface area contributed by atoms with E-state index in [1.54, 1.807) is 0 Å². The van der Waals surface area contributed by atoms with Gasteiger partial charge in [0.05, 0.1) is 0 Å². The highest BCUT2D eigenvalue weighted by molar-refractivity contribution is 5.78. The van der Waals surface area contributed by atoms with Crippen LogP contribution in [0.15, 0.2) is 30.3 Å². The topological polar surface area (TPSA) is 43.1 Å². The van der Waals surface area contributed by atoms with Crippen LogP contribution >= 0.6 is 0 Å². The normalized spacial score (nSPS) is 12.4. The molecule has 88 valence electrons. The number of Topliss-reactive ketones (excluding diaryl/α,β-unsaturated/α-hetero) is 1. The average molecular weight is 219 g/mol. The van der Waals surface area contributed by atoms with Crippen LogP contribution in [-0.4, -0.2) is 5.78 Å². The monoisotopic (exact) mass is 219 g/mol. The summed E-state index contributed by atoms with van der Waals surface area (Å²) >= 11 is 0. The first-order valence-corrected chi connectivity index (χ1v) is 6.06. The van der Waals surface area contributed by atoms with Crippen LogP contribution in [0.1, 0.15) is 50.6 Å². The lowest BCUT2D eigenvalue weighted by Crippen LogP contribution is -2.12. The van der Waals surface area contributed by atoms with Crippen LogP contribution in [-0.2, 0) is 4.79 Å². The van der Waals surface area contributed by atoms with Gasteiger partial charge in [0.1, 0.15) is 5.78 Å². The van der Waals surface area contributed by atoms with Crippen molar-refractivity contribution in [1.82, 2.24) is 0 Å². The van der Waals surface area contributed by atoms with E-state index in [0.29, 0.717) is 18.6 Å². The molecule has 0 saturated carbocycles. The molecule has 16 heavy (non-hydrogen) atoms. The molecule has 2 nitrogen and oxygen atoms in total. The fourth-order valence-corrected chi connectivity index (χ4v) is 1.68. The summed E-state index contributed by atoms with van der Waals surface area (Å²) in [4.78, 5) is 11.5. The van der Waals surface area contributed by atoms with Crippen molar-refractivity contribution in [3.05, 3.63) is 35.9 Å². The van der Waals surface area contributed by atoms with E-state index in [-0.39, 0.29) is 6.04 Å². The Balaban J connectivity index is 2.30. The Kier molecular flexibility index (Phi) is 5.79. The van der Waals surface area contributed by atoms with Crippen molar-refractivity contribution in [1.29, 1.82) is 0 Å². The van der Waals surface area contributed by atoms with Gasteiger partial charge in [-0.2, -0.15) is 0 Å². The van der Waals surface area contributed by atoms with E-state index in [4.69, 9.17) is 5.73 Å². The van der Waals surface area contributed by atoms with E-state index in [9.17, 15) is 4.79 Å². The number of rotatable bonds is 7. The standard InChI is InChI=1S/C14H21NO/c1-2-3-9-13(16)10-11-14(15)12-7-5-4-6-8-12/h4-8,14H,2-3,9-11,15H2,1H3. The molecule has 1 atom stereocenters. The fourth-order valence-electron chi connectivity index (χ4n) is 1.68. The maximum atomic E-state index is 11.5. The minimum atomic E-state index is -0.00761. The first-order valence-electron chi connectivity index (χ1n) is 6.06. The second-order valence-electron chi connectivity index (χ2n) is 4.20. The van der Waals surface area contributed by atoms with Gasteiger partial charge >= 0.3 is 0 Å². The van der Waals surface area contributed by atoms with Crippen molar-refractivity contribution in [3.8, 4) is 0 Å². The first kappa shape index (κ1) is 12.9. The van der Waals surface area contributed by atoms with Crippen molar-refractivity contribution < 1.29 is 4.79 Å². The minimum absolute atomic E-state index is 0.00761. The second kappa shape index (κ2) is 7.18. The average Bonchev–Trinajstić information content (AvgIpc) is 2.34. The van der Waals surface area contributed by atoms with Gasteiger partial charge in [-0.05, 0) is 18.4 Å². The van der Waals surface area contributed by atoms with Gasteiger partial charge in [-0.1, -0.05) is 43.7 Å². The molecule has 0 spiro atoms. The summed E-state index contributed by atoms with van der Waals surface area (Å²) in [6, 6.07) is 9.96. The molecule has 0 aliphatic rings. The van der Waals surface area contributed by atoms with Gasteiger partial charge in [0, 0.05) is 18.9 Å². The summed E-state index contributed by atoms with van der Waals surface area (Å²) in [7, 11) is 0. The van der Waals surface area contributed by atoms with Crippen molar-refractivity contribution in [3.63, 3.8) is 0 Å². The van der Waals surface area contributed by atoms with Gasteiger partial charge in [0.25, 0.3) is 0 Å². The number of ketones is 1. The van der Waals surface area contributed by atoms with Gasteiger partial charge in [-0.25, -0.2) is 0 Å². The van der Waals surface area contributed by atoms with Gasteiger partial charge < -0.3 is 5.73 Å². The van der Waals surface area contributed by atoms with Crippen molar-refractivity contribution in [2.75, 3.05) is 0 Å². The molecule has 0 aliphatic carbocycles. The SMILES string of the molecule is CCCCC(=O)CCC(N)c1ccccc1. The maximum absolute atomic E-state index is 11.5. The highest BCUT2D eigenvalue weighted by Gasteiger charge is 2.08. The van der Waals surface area contributed by atoms with E-state index >= 15 is 0 Å². The molecule has 1 rings (SSSR count). The van der Waals surface area contributed by atoms with Crippen LogP contribution < -0.4 is 5.73 Å². The molecule has 1 aromatic rings. The molecule has 2 heteroatoms. The van der Waals surface area contributed by atoms with Crippen LogP contribution in [0.3, 0.4) is 0 Å². The summed E-state index contributed by atoms with van der Waals surface area (Å²) < 4.78 is 0. The maximum Gasteiger partial charge on any atom is 0.132 e. The predicted molar refractivity (Wildman–Crippen MR) is 67.1 cm³/mol. The Morgan fingerprint density at radius 2 is 1.94 bits per heavy atom. The number of nitrogens with two attached hydrogens (primary N) is 1. The lowest BCUT2D eigenvalue weighted by molar-refractivity contribution is -0.119. The molecule has 1 aromatic carbocycles. The Bertz CT molecular complexity index is 308. The number of carbonyl (C=O) groups excluding carboxylic acids is 1. The van der Waals surface area contributed by atoms with Crippen LogP contribution in [0.5, 0.6) is 0 Å².